The van der Waals surface area contributed by atoms with Crippen LogP contribution in [-0.4, -0.2) is 11.7 Å². The summed E-state index contributed by atoms with van der Waals surface area (Å²) in [6.07, 6.45) is 0.996. The summed E-state index contributed by atoms with van der Waals surface area (Å²) in [6, 6.07) is 0. The Balaban J connectivity index is 3.74. The monoisotopic (exact) mass is 146 g/mol. The van der Waals surface area contributed by atoms with E-state index in [1.807, 2.05) is 27.7 Å². The molecule has 0 N–H and O–H groups in total. The van der Waals surface area contributed by atoms with Gasteiger partial charge >= 0.3 is 0 Å². The van der Waals surface area contributed by atoms with Crippen LogP contribution in [0.1, 0.15) is 27.7 Å². The lowest BCUT2D eigenvalue weighted by atomic mass is 9.99. The molecule has 1 nitrogen and oxygen atoms in total. The van der Waals surface area contributed by atoms with Crippen molar-refractivity contribution in [3.8, 4) is 0 Å². The van der Waals surface area contributed by atoms with Crippen LogP contribution in [0.2, 0.25) is 0 Å². The average molecular weight is 146 g/mol. The molecule has 1 atom stereocenters. The molecule has 0 spiro atoms. The normalized spacial score (nSPS) is 12.9. The minimum Gasteiger partial charge on any atom is -0.294 e. The SMILES string of the molecule is CCPC(=O)C(C)(C)C. The Morgan fingerprint density at radius 1 is 1.44 bits per heavy atom. The topological polar surface area (TPSA) is 17.1 Å². The summed E-state index contributed by atoms with van der Waals surface area (Å²) < 4.78 is 0. The van der Waals surface area contributed by atoms with E-state index in [-0.39, 0.29) is 5.41 Å². The van der Waals surface area contributed by atoms with E-state index in [0.29, 0.717) is 14.1 Å². The van der Waals surface area contributed by atoms with E-state index in [2.05, 4.69) is 0 Å². The molecule has 0 aromatic heterocycles. The fourth-order valence-electron chi connectivity index (χ4n) is 0.426. The molecule has 0 rings (SSSR count). The predicted molar refractivity (Wildman–Crippen MR) is 43.3 cm³/mol. The smallest absolute Gasteiger partial charge is 0.156 e. The van der Waals surface area contributed by atoms with Gasteiger partial charge < -0.3 is 0 Å². The van der Waals surface area contributed by atoms with Crippen molar-refractivity contribution < 1.29 is 4.79 Å². The van der Waals surface area contributed by atoms with Gasteiger partial charge in [0.15, 0.2) is 5.52 Å². The molecule has 0 amide bonds. The predicted octanol–water partition coefficient (Wildman–Crippen LogP) is 2.26. The Morgan fingerprint density at radius 3 is 2.00 bits per heavy atom. The molecule has 2 heteroatoms. The molecular formula is C7H15OP. The van der Waals surface area contributed by atoms with E-state index >= 15 is 0 Å². The number of hydrogen-bond acceptors (Lipinski definition) is 1. The van der Waals surface area contributed by atoms with Gasteiger partial charge in [-0.3, -0.25) is 4.79 Å². The maximum absolute atomic E-state index is 11.1. The molecule has 0 fully saturated rings. The fourth-order valence-corrected chi connectivity index (χ4v) is 1.28. The molecule has 0 saturated carbocycles. The highest BCUT2D eigenvalue weighted by Gasteiger charge is 2.19. The van der Waals surface area contributed by atoms with Gasteiger partial charge in [-0.2, -0.15) is 0 Å². The molecule has 1 unspecified atom stereocenters. The molecule has 54 valence electrons. The van der Waals surface area contributed by atoms with E-state index in [4.69, 9.17) is 0 Å². The molecular weight excluding hydrogens is 131 g/mol. The molecule has 9 heavy (non-hydrogen) atoms. The van der Waals surface area contributed by atoms with Gasteiger partial charge in [0.1, 0.15) is 0 Å². The Bertz CT molecular complexity index is 102. The highest BCUT2D eigenvalue weighted by Crippen LogP contribution is 2.26. The van der Waals surface area contributed by atoms with Gasteiger partial charge in [-0.1, -0.05) is 36.3 Å². The first kappa shape index (κ1) is 9.10. The van der Waals surface area contributed by atoms with Gasteiger partial charge in [0.2, 0.25) is 0 Å². The maximum Gasteiger partial charge on any atom is 0.156 e. The van der Waals surface area contributed by atoms with Crippen LogP contribution in [0.3, 0.4) is 0 Å². The molecule has 0 aliphatic heterocycles. The van der Waals surface area contributed by atoms with Crippen LogP contribution in [-0.2, 0) is 4.79 Å². The summed E-state index contributed by atoms with van der Waals surface area (Å²) in [7, 11) is 0.501. The summed E-state index contributed by atoms with van der Waals surface area (Å²) in [5.74, 6) is 0. The van der Waals surface area contributed by atoms with Crippen molar-refractivity contribution in [3.05, 3.63) is 0 Å². The van der Waals surface area contributed by atoms with Crippen LogP contribution in [0.15, 0.2) is 0 Å². The third-order valence-electron chi connectivity index (χ3n) is 1.02. The largest absolute Gasteiger partial charge is 0.294 e. The van der Waals surface area contributed by atoms with Crippen LogP contribution < -0.4 is 0 Å². The molecule has 0 aliphatic carbocycles. The quantitative estimate of drug-likeness (QED) is 0.546. The summed E-state index contributed by atoms with van der Waals surface area (Å²) in [5.41, 5.74) is 0.277. The number of carbonyl (C=O) groups excluding carboxylic acids is 1. The zero-order valence-electron chi connectivity index (χ0n) is 6.62. The van der Waals surface area contributed by atoms with Gasteiger partial charge in [0.05, 0.1) is 0 Å². The Labute approximate surface area is 59.0 Å². The zero-order valence-corrected chi connectivity index (χ0v) is 7.62. The van der Waals surface area contributed by atoms with Crippen molar-refractivity contribution >= 4 is 14.1 Å². The molecule has 0 heterocycles. The van der Waals surface area contributed by atoms with E-state index in [9.17, 15) is 4.79 Å². The lowest BCUT2D eigenvalue weighted by Crippen LogP contribution is -2.15. The first-order valence-electron chi connectivity index (χ1n) is 3.26. The average Bonchev–Trinajstić information content (AvgIpc) is 1.64. The zero-order chi connectivity index (χ0) is 7.49. The van der Waals surface area contributed by atoms with Gasteiger partial charge in [-0.25, -0.2) is 0 Å². The van der Waals surface area contributed by atoms with Gasteiger partial charge in [-0.15, -0.1) is 0 Å². The Morgan fingerprint density at radius 2 is 1.89 bits per heavy atom. The minimum atomic E-state index is -0.117. The standard InChI is InChI=1S/C7H15OP/c1-5-9-6(8)7(2,3)4/h9H,5H2,1-4H3. The highest BCUT2D eigenvalue weighted by atomic mass is 31.1. The second-order valence-electron chi connectivity index (χ2n) is 3.11. The maximum atomic E-state index is 11.1. The molecule has 0 saturated heterocycles. The van der Waals surface area contributed by atoms with Crippen molar-refractivity contribution in [1.82, 2.24) is 0 Å². The Kier molecular flexibility index (Phi) is 3.35. The highest BCUT2D eigenvalue weighted by molar-refractivity contribution is 7.58. The number of rotatable bonds is 2. The summed E-state index contributed by atoms with van der Waals surface area (Å²) in [6.45, 7) is 7.95. The van der Waals surface area contributed by atoms with Crippen molar-refractivity contribution in [2.45, 2.75) is 27.7 Å². The van der Waals surface area contributed by atoms with Gasteiger partial charge in [0.25, 0.3) is 0 Å². The van der Waals surface area contributed by atoms with Gasteiger partial charge in [0, 0.05) is 5.41 Å². The van der Waals surface area contributed by atoms with Gasteiger partial charge in [-0.05, 0) is 6.16 Å². The third kappa shape index (κ3) is 3.64. The number of hydrogen-bond donors (Lipinski definition) is 0. The second kappa shape index (κ2) is 3.31. The lowest BCUT2D eigenvalue weighted by Gasteiger charge is -2.14. The van der Waals surface area contributed by atoms with Crippen LogP contribution in [0.5, 0.6) is 0 Å². The molecule has 0 aliphatic rings. The molecule has 0 radical (unpaired) electrons. The first-order valence-corrected chi connectivity index (χ1v) is 4.47. The Hall–Kier alpha value is 0.100. The van der Waals surface area contributed by atoms with Crippen LogP contribution in [0, 0.1) is 5.41 Å². The summed E-state index contributed by atoms with van der Waals surface area (Å²) >= 11 is 0. The van der Waals surface area contributed by atoms with Crippen LogP contribution in [0.25, 0.3) is 0 Å². The van der Waals surface area contributed by atoms with Crippen molar-refractivity contribution in [1.29, 1.82) is 0 Å². The van der Waals surface area contributed by atoms with Crippen LogP contribution in [0.4, 0.5) is 0 Å². The molecule has 0 bridgehead atoms. The third-order valence-corrected chi connectivity index (χ3v) is 2.44. The summed E-state index contributed by atoms with van der Waals surface area (Å²) in [5, 5.41) is 0. The first-order chi connectivity index (χ1) is 3.98. The van der Waals surface area contributed by atoms with Crippen molar-refractivity contribution in [2.75, 3.05) is 6.16 Å². The fraction of sp³-hybridized carbons (Fsp3) is 0.857. The number of carbonyl (C=O) groups is 1. The summed E-state index contributed by atoms with van der Waals surface area (Å²) in [4.78, 5) is 11.1. The van der Waals surface area contributed by atoms with E-state index in [1.54, 1.807) is 0 Å². The minimum absolute atomic E-state index is 0.117. The van der Waals surface area contributed by atoms with Crippen molar-refractivity contribution in [2.24, 2.45) is 5.41 Å². The molecule has 0 aromatic rings. The van der Waals surface area contributed by atoms with Crippen LogP contribution >= 0.6 is 8.58 Å². The second-order valence-corrected chi connectivity index (χ2v) is 4.62. The van der Waals surface area contributed by atoms with Crippen molar-refractivity contribution in [3.63, 3.8) is 0 Å². The van der Waals surface area contributed by atoms with E-state index in [0.717, 1.165) is 6.16 Å². The van der Waals surface area contributed by atoms with E-state index in [1.165, 1.54) is 0 Å². The lowest BCUT2D eigenvalue weighted by molar-refractivity contribution is -0.117. The molecule has 0 aromatic carbocycles. The van der Waals surface area contributed by atoms with E-state index < -0.39 is 0 Å².